The molecule has 1 saturated heterocycles. The number of carbonyl (C=O) groups excluding carboxylic acids is 1. The van der Waals surface area contributed by atoms with Crippen LogP contribution >= 0.6 is 0 Å². The molecule has 0 saturated carbocycles. The minimum Gasteiger partial charge on any atom is -0.497 e. The Hall–Kier alpha value is -3.12. The summed E-state index contributed by atoms with van der Waals surface area (Å²) in [6.07, 6.45) is 3.83. The van der Waals surface area contributed by atoms with Gasteiger partial charge in [-0.25, -0.2) is 4.68 Å². The lowest BCUT2D eigenvalue weighted by molar-refractivity contribution is 0.0664. The lowest BCUT2D eigenvalue weighted by Gasteiger charge is -2.35. The molecule has 0 N–H and O–H groups in total. The maximum Gasteiger partial charge on any atom is 0.257 e. The number of aromatic nitrogens is 2. The highest BCUT2D eigenvalue weighted by Crippen LogP contribution is 2.29. The van der Waals surface area contributed by atoms with Crippen LogP contribution in [-0.2, 0) is 0 Å². The van der Waals surface area contributed by atoms with E-state index in [0.717, 1.165) is 42.9 Å². The molecule has 1 aliphatic heterocycles. The number of rotatable bonds is 5. The van der Waals surface area contributed by atoms with Crippen LogP contribution in [0.15, 0.2) is 54.7 Å². The van der Waals surface area contributed by atoms with Crippen molar-refractivity contribution in [1.82, 2.24) is 19.6 Å². The van der Waals surface area contributed by atoms with Gasteiger partial charge < -0.3 is 14.5 Å². The third kappa shape index (κ3) is 4.49. The molecule has 1 amide bonds. The first-order chi connectivity index (χ1) is 15.0. The quantitative estimate of drug-likeness (QED) is 0.628. The summed E-state index contributed by atoms with van der Waals surface area (Å²) < 4.78 is 7.20. The molecule has 0 atom stereocenters. The van der Waals surface area contributed by atoms with Crippen molar-refractivity contribution in [2.24, 2.45) is 0 Å². The van der Waals surface area contributed by atoms with Crippen molar-refractivity contribution in [2.45, 2.75) is 25.8 Å². The first-order valence-electron chi connectivity index (χ1n) is 10.7. The van der Waals surface area contributed by atoms with Crippen LogP contribution in [-0.4, -0.2) is 65.8 Å². The van der Waals surface area contributed by atoms with Crippen molar-refractivity contribution >= 4 is 5.91 Å². The number of ether oxygens (including phenoxy) is 1. The van der Waals surface area contributed by atoms with E-state index >= 15 is 0 Å². The molecule has 162 valence electrons. The monoisotopic (exact) mass is 418 g/mol. The molecule has 3 aromatic rings. The van der Waals surface area contributed by atoms with Gasteiger partial charge in [-0.1, -0.05) is 29.8 Å². The van der Waals surface area contributed by atoms with E-state index in [9.17, 15) is 4.79 Å². The molecule has 4 rings (SSSR count). The van der Waals surface area contributed by atoms with E-state index in [0.29, 0.717) is 17.3 Å². The van der Waals surface area contributed by atoms with Crippen LogP contribution in [0.5, 0.6) is 5.75 Å². The maximum absolute atomic E-state index is 13.6. The fraction of sp³-hybridized carbons (Fsp3) is 0.360. The second-order valence-electron chi connectivity index (χ2n) is 8.39. The summed E-state index contributed by atoms with van der Waals surface area (Å²) in [5.41, 5.74) is 4.29. The number of piperidine rings is 1. The van der Waals surface area contributed by atoms with Gasteiger partial charge in [-0.05, 0) is 58.1 Å². The van der Waals surface area contributed by atoms with Crippen molar-refractivity contribution in [3.63, 3.8) is 0 Å². The SMILES string of the molecule is COc1cccc(-c2nn(-c3ccc(C)cc3)cc2C(=O)N2CCC(N(C)C)CC2)c1. The van der Waals surface area contributed by atoms with Crippen molar-refractivity contribution < 1.29 is 9.53 Å². The van der Waals surface area contributed by atoms with Gasteiger partial charge in [-0.3, -0.25) is 4.79 Å². The fourth-order valence-electron chi connectivity index (χ4n) is 4.10. The zero-order valence-electron chi connectivity index (χ0n) is 18.7. The smallest absolute Gasteiger partial charge is 0.257 e. The number of amides is 1. The highest BCUT2D eigenvalue weighted by atomic mass is 16.5. The lowest BCUT2D eigenvalue weighted by atomic mass is 10.0. The number of nitrogens with zero attached hydrogens (tertiary/aromatic N) is 4. The van der Waals surface area contributed by atoms with Gasteiger partial charge in [0.25, 0.3) is 5.91 Å². The van der Waals surface area contributed by atoms with Gasteiger partial charge in [0.15, 0.2) is 0 Å². The molecule has 0 radical (unpaired) electrons. The van der Waals surface area contributed by atoms with Crippen LogP contribution in [0, 0.1) is 6.92 Å². The van der Waals surface area contributed by atoms with Gasteiger partial charge >= 0.3 is 0 Å². The zero-order chi connectivity index (χ0) is 22.0. The Kier molecular flexibility index (Phi) is 6.09. The highest BCUT2D eigenvalue weighted by molar-refractivity contribution is 6.00. The van der Waals surface area contributed by atoms with E-state index in [-0.39, 0.29) is 5.91 Å². The molecule has 31 heavy (non-hydrogen) atoms. The van der Waals surface area contributed by atoms with Crippen LogP contribution in [0.2, 0.25) is 0 Å². The number of benzene rings is 2. The molecule has 6 nitrogen and oxygen atoms in total. The summed E-state index contributed by atoms with van der Waals surface area (Å²) in [4.78, 5) is 17.8. The summed E-state index contributed by atoms with van der Waals surface area (Å²) in [7, 11) is 5.86. The molecule has 0 bridgehead atoms. The number of hydrogen-bond acceptors (Lipinski definition) is 4. The Bertz CT molecular complexity index is 1050. The second-order valence-corrected chi connectivity index (χ2v) is 8.39. The fourth-order valence-corrected chi connectivity index (χ4v) is 4.10. The third-order valence-corrected chi connectivity index (χ3v) is 6.07. The summed E-state index contributed by atoms with van der Waals surface area (Å²) in [6.45, 7) is 3.57. The Balaban J connectivity index is 1.71. The first kappa shape index (κ1) is 21.1. The molecular weight excluding hydrogens is 388 g/mol. The third-order valence-electron chi connectivity index (χ3n) is 6.07. The number of aryl methyl sites for hydroxylation is 1. The molecule has 2 heterocycles. The van der Waals surface area contributed by atoms with Crippen molar-refractivity contribution in [2.75, 3.05) is 34.3 Å². The molecule has 2 aromatic carbocycles. The topological polar surface area (TPSA) is 50.6 Å². The number of hydrogen-bond donors (Lipinski definition) is 0. The standard InChI is InChI=1S/C25H30N4O2/c1-18-8-10-21(11-9-18)29-17-23(24(26-29)19-6-5-7-22(16-19)31-4)25(30)28-14-12-20(13-15-28)27(2)3/h5-11,16-17,20H,12-15H2,1-4H3. The summed E-state index contributed by atoms with van der Waals surface area (Å²) in [6, 6.07) is 16.4. The zero-order valence-corrected chi connectivity index (χ0v) is 18.7. The van der Waals surface area contributed by atoms with Gasteiger partial charge in [0.05, 0.1) is 18.4 Å². The highest BCUT2D eigenvalue weighted by Gasteiger charge is 2.28. The molecule has 0 aliphatic carbocycles. The van der Waals surface area contributed by atoms with Crippen LogP contribution < -0.4 is 4.74 Å². The van der Waals surface area contributed by atoms with Crippen LogP contribution in [0.1, 0.15) is 28.8 Å². The van der Waals surface area contributed by atoms with E-state index in [4.69, 9.17) is 9.84 Å². The number of likely N-dealkylation sites (tertiary alicyclic amines) is 1. The van der Waals surface area contributed by atoms with E-state index in [1.165, 1.54) is 5.56 Å². The summed E-state index contributed by atoms with van der Waals surface area (Å²) in [5.74, 6) is 0.779. The summed E-state index contributed by atoms with van der Waals surface area (Å²) in [5, 5.41) is 4.82. The Morgan fingerprint density at radius 2 is 1.81 bits per heavy atom. The van der Waals surface area contributed by atoms with E-state index in [1.807, 2.05) is 47.5 Å². The average Bonchev–Trinajstić information content (AvgIpc) is 3.24. The van der Waals surface area contributed by atoms with E-state index < -0.39 is 0 Å². The van der Waals surface area contributed by atoms with Gasteiger partial charge in [-0.15, -0.1) is 0 Å². The molecule has 6 heteroatoms. The molecule has 1 fully saturated rings. The summed E-state index contributed by atoms with van der Waals surface area (Å²) >= 11 is 0. The minimum absolute atomic E-state index is 0.0355. The van der Waals surface area contributed by atoms with Gasteiger partial charge in [0, 0.05) is 30.9 Å². The maximum atomic E-state index is 13.6. The van der Waals surface area contributed by atoms with Crippen LogP contribution in [0.25, 0.3) is 16.9 Å². The number of methoxy groups -OCH3 is 1. The molecule has 1 aliphatic rings. The predicted molar refractivity (Wildman–Crippen MR) is 123 cm³/mol. The average molecular weight is 419 g/mol. The molecule has 1 aromatic heterocycles. The molecule has 0 unspecified atom stereocenters. The predicted octanol–water partition coefficient (Wildman–Crippen LogP) is 4.02. The van der Waals surface area contributed by atoms with Gasteiger partial charge in [0.1, 0.15) is 11.4 Å². The van der Waals surface area contributed by atoms with Crippen molar-refractivity contribution in [1.29, 1.82) is 0 Å². The van der Waals surface area contributed by atoms with E-state index in [2.05, 4.69) is 38.1 Å². The van der Waals surface area contributed by atoms with Crippen molar-refractivity contribution in [3.8, 4) is 22.7 Å². The second kappa shape index (κ2) is 8.94. The molecule has 0 spiro atoms. The van der Waals surface area contributed by atoms with E-state index in [1.54, 1.807) is 11.8 Å². The van der Waals surface area contributed by atoms with Gasteiger partial charge in [0.2, 0.25) is 0 Å². The van der Waals surface area contributed by atoms with Crippen LogP contribution in [0.4, 0.5) is 0 Å². The van der Waals surface area contributed by atoms with Crippen LogP contribution in [0.3, 0.4) is 0 Å². The normalized spacial score (nSPS) is 14.8. The Labute approximate surface area is 184 Å². The van der Waals surface area contributed by atoms with Gasteiger partial charge in [-0.2, -0.15) is 5.10 Å². The Morgan fingerprint density at radius 1 is 1.10 bits per heavy atom. The lowest BCUT2D eigenvalue weighted by Crippen LogP contribution is -2.44. The Morgan fingerprint density at radius 3 is 2.45 bits per heavy atom. The number of carbonyl (C=O) groups is 1. The first-order valence-corrected chi connectivity index (χ1v) is 10.7. The largest absolute Gasteiger partial charge is 0.497 e. The molecular formula is C25H30N4O2. The minimum atomic E-state index is 0.0355. The van der Waals surface area contributed by atoms with Crippen molar-refractivity contribution in [3.05, 3.63) is 65.9 Å².